The second-order valence-electron chi connectivity index (χ2n) is 5.06. The van der Waals surface area contributed by atoms with Crippen molar-refractivity contribution in [1.82, 2.24) is 4.90 Å². The summed E-state index contributed by atoms with van der Waals surface area (Å²) in [7, 11) is 0. The lowest BCUT2D eigenvalue weighted by molar-refractivity contribution is -0.142. The molecule has 2 rings (SSSR count). The average molecular weight is 263 g/mol. The first-order chi connectivity index (χ1) is 8.97. The molecule has 0 saturated carbocycles. The van der Waals surface area contributed by atoms with Gasteiger partial charge in [0.25, 0.3) is 0 Å². The fourth-order valence-corrected chi connectivity index (χ4v) is 2.39. The zero-order chi connectivity index (χ0) is 14.0. The fourth-order valence-electron chi connectivity index (χ4n) is 2.39. The lowest BCUT2D eigenvalue weighted by atomic mass is 9.99. The highest BCUT2D eigenvalue weighted by Crippen LogP contribution is 2.24. The van der Waals surface area contributed by atoms with E-state index in [0.717, 1.165) is 5.56 Å². The molecule has 1 heterocycles. The van der Waals surface area contributed by atoms with Gasteiger partial charge in [-0.15, -0.1) is 0 Å². The van der Waals surface area contributed by atoms with Gasteiger partial charge >= 0.3 is 5.97 Å². The molecule has 0 aromatic heterocycles. The molecular formula is C14H17NO4. The van der Waals surface area contributed by atoms with Gasteiger partial charge in [0.15, 0.2) is 0 Å². The van der Waals surface area contributed by atoms with Crippen molar-refractivity contribution < 1.29 is 19.8 Å². The summed E-state index contributed by atoms with van der Waals surface area (Å²) in [4.78, 5) is 24.7. The predicted molar refractivity (Wildman–Crippen MR) is 68.7 cm³/mol. The number of carboxylic acid groups (broad SMARTS) is 1. The Bertz CT molecular complexity index is 483. The minimum atomic E-state index is -0.840. The predicted octanol–water partition coefficient (Wildman–Crippen LogP) is 1.11. The van der Waals surface area contributed by atoms with Gasteiger partial charge in [-0.3, -0.25) is 9.59 Å². The van der Waals surface area contributed by atoms with Crippen LogP contribution in [0.25, 0.3) is 0 Å². The van der Waals surface area contributed by atoms with E-state index in [-0.39, 0.29) is 30.5 Å². The number of aliphatic carboxylic acids is 1. The van der Waals surface area contributed by atoms with E-state index in [1.54, 1.807) is 17.0 Å². The minimum Gasteiger partial charge on any atom is -0.508 e. The molecule has 0 bridgehead atoms. The number of rotatable bonds is 3. The molecule has 1 fully saturated rings. The third-order valence-corrected chi connectivity index (χ3v) is 3.57. The van der Waals surface area contributed by atoms with Crippen LogP contribution in [0.5, 0.6) is 5.75 Å². The number of carboxylic acids is 1. The van der Waals surface area contributed by atoms with Gasteiger partial charge in [0, 0.05) is 13.1 Å². The molecule has 0 aliphatic carbocycles. The van der Waals surface area contributed by atoms with Gasteiger partial charge in [0.1, 0.15) is 5.75 Å². The SMILES string of the molecule is CC1CN(C(=O)Cc2ccc(O)cc2)CC1C(=O)O. The number of hydrogen-bond acceptors (Lipinski definition) is 3. The van der Waals surface area contributed by atoms with Crippen molar-refractivity contribution in [1.29, 1.82) is 0 Å². The Morgan fingerprint density at radius 2 is 1.89 bits per heavy atom. The van der Waals surface area contributed by atoms with Crippen LogP contribution in [0.4, 0.5) is 0 Å². The van der Waals surface area contributed by atoms with Crippen molar-refractivity contribution in [3.05, 3.63) is 29.8 Å². The molecule has 2 N–H and O–H groups in total. The zero-order valence-electron chi connectivity index (χ0n) is 10.7. The summed E-state index contributed by atoms with van der Waals surface area (Å²) < 4.78 is 0. The molecule has 5 heteroatoms. The highest BCUT2D eigenvalue weighted by Gasteiger charge is 2.36. The van der Waals surface area contributed by atoms with Crippen LogP contribution in [-0.4, -0.2) is 40.1 Å². The molecule has 1 aliphatic rings. The molecule has 1 aromatic carbocycles. The van der Waals surface area contributed by atoms with Gasteiger partial charge in [-0.1, -0.05) is 19.1 Å². The van der Waals surface area contributed by atoms with Crippen LogP contribution in [0.1, 0.15) is 12.5 Å². The number of phenols is 1. The van der Waals surface area contributed by atoms with E-state index >= 15 is 0 Å². The number of carbonyl (C=O) groups excluding carboxylic acids is 1. The Balaban J connectivity index is 1.98. The Hall–Kier alpha value is -2.04. The average Bonchev–Trinajstić information content (AvgIpc) is 2.74. The van der Waals surface area contributed by atoms with Crippen LogP contribution >= 0.6 is 0 Å². The molecule has 0 radical (unpaired) electrons. The van der Waals surface area contributed by atoms with Gasteiger partial charge in [-0.05, 0) is 23.6 Å². The molecule has 0 spiro atoms. The third kappa shape index (κ3) is 3.05. The molecule has 2 atom stereocenters. The smallest absolute Gasteiger partial charge is 0.308 e. The summed E-state index contributed by atoms with van der Waals surface area (Å²) in [6.07, 6.45) is 0.235. The van der Waals surface area contributed by atoms with E-state index in [1.807, 2.05) is 6.92 Å². The molecule has 19 heavy (non-hydrogen) atoms. The quantitative estimate of drug-likeness (QED) is 0.856. The molecule has 2 unspecified atom stereocenters. The number of aromatic hydroxyl groups is 1. The highest BCUT2D eigenvalue weighted by molar-refractivity contribution is 5.81. The van der Waals surface area contributed by atoms with Crippen molar-refractivity contribution in [3.63, 3.8) is 0 Å². The van der Waals surface area contributed by atoms with E-state index < -0.39 is 11.9 Å². The minimum absolute atomic E-state index is 0.0127. The largest absolute Gasteiger partial charge is 0.508 e. The maximum Gasteiger partial charge on any atom is 0.308 e. The van der Waals surface area contributed by atoms with E-state index in [1.165, 1.54) is 12.1 Å². The van der Waals surface area contributed by atoms with Gasteiger partial charge in [-0.2, -0.15) is 0 Å². The Morgan fingerprint density at radius 3 is 2.42 bits per heavy atom. The Kier molecular flexibility index (Phi) is 3.74. The van der Waals surface area contributed by atoms with Crippen LogP contribution in [-0.2, 0) is 16.0 Å². The summed E-state index contributed by atoms with van der Waals surface area (Å²) in [5.74, 6) is -1.23. The van der Waals surface area contributed by atoms with Gasteiger partial charge < -0.3 is 15.1 Å². The number of phenolic OH excluding ortho intramolecular Hbond substituents is 1. The standard InChI is InChI=1S/C14H17NO4/c1-9-7-15(8-12(9)14(18)19)13(17)6-10-2-4-11(16)5-3-10/h2-5,9,12,16H,6-8H2,1H3,(H,18,19). The van der Waals surface area contributed by atoms with Crippen LogP contribution in [0.3, 0.4) is 0 Å². The second-order valence-corrected chi connectivity index (χ2v) is 5.06. The van der Waals surface area contributed by atoms with Crippen molar-refractivity contribution in [2.75, 3.05) is 13.1 Å². The van der Waals surface area contributed by atoms with Crippen LogP contribution in [0.15, 0.2) is 24.3 Å². The van der Waals surface area contributed by atoms with Crippen LogP contribution in [0.2, 0.25) is 0 Å². The first-order valence-corrected chi connectivity index (χ1v) is 6.26. The lowest BCUT2D eigenvalue weighted by Crippen LogP contribution is -2.31. The molecule has 5 nitrogen and oxygen atoms in total. The van der Waals surface area contributed by atoms with Gasteiger partial charge in [0.05, 0.1) is 12.3 Å². The van der Waals surface area contributed by atoms with E-state index in [9.17, 15) is 14.7 Å². The summed E-state index contributed by atoms with van der Waals surface area (Å²) in [5.41, 5.74) is 0.814. The Morgan fingerprint density at radius 1 is 1.26 bits per heavy atom. The summed E-state index contributed by atoms with van der Waals surface area (Å²) in [6.45, 7) is 2.63. The maximum absolute atomic E-state index is 12.1. The van der Waals surface area contributed by atoms with Crippen molar-refractivity contribution in [2.45, 2.75) is 13.3 Å². The maximum atomic E-state index is 12.1. The third-order valence-electron chi connectivity index (χ3n) is 3.57. The molecule has 1 saturated heterocycles. The van der Waals surface area contributed by atoms with Gasteiger partial charge in [-0.25, -0.2) is 0 Å². The first-order valence-electron chi connectivity index (χ1n) is 6.26. The number of nitrogens with zero attached hydrogens (tertiary/aromatic N) is 1. The fraction of sp³-hybridized carbons (Fsp3) is 0.429. The zero-order valence-corrected chi connectivity index (χ0v) is 10.7. The summed E-state index contributed by atoms with van der Waals surface area (Å²) >= 11 is 0. The van der Waals surface area contributed by atoms with Gasteiger partial charge in [0.2, 0.25) is 5.91 Å². The second kappa shape index (κ2) is 5.30. The van der Waals surface area contributed by atoms with E-state index in [2.05, 4.69) is 0 Å². The number of carbonyl (C=O) groups is 2. The van der Waals surface area contributed by atoms with Crippen molar-refractivity contribution in [3.8, 4) is 5.75 Å². The first kappa shape index (κ1) is 13.4. The van der Waals surface area contributed by atoms with Crippen LogP contribution in [0, 0.1) is 11.8 Å². The Labute approximate surface area is 111 Å². The van der Waals surface area contributed by atoms with Crippen molar-refractivity contribution >= 4 is 11.9 Å². The number of benzene rings is 1. The van der Waals surface area contributed by atoms with E-state index in [0.29, 0.717) is 6.54 Å². The topological polar surface area (TPSA) is 77.8 Å². The monoisotopic (exact) mass is 263 g/mol. The molecule has 1 aliphatic heterocycles. The molecule has 102 valence electrons. The number of likely N-dealkylation sites (tertiary alicyclic amines) is 1. The van der Waals surface area contributed by atoms with E-state index in [4.69, 9.17) is 5.11 Å². The number of amides is 1. The highest BCUT2D eigenvalue weighted by atomic mass is 16.4. The summed E-state index contributed by atoms with van der Waals surface area (Å²) in [6, 6.07) is 6.47. The normalized spacial score (nSPS) is 22.5. The molecule has 1 amide bonds. The van der Waals surface area contributed by atoms with Crippen LogP contribution < -0.4 is 0 Å². The molecular weight excluding hydrogens is 246 g/mol. The summed E-state index contributed by atoms with van der Waals surface area (Å²) in [5, 5.41) is 18.2. The van der Waals surface area contributed by atoms with Crippen molar-refractivity contribution in [2.24, 2.45) is 11.8 Å². The lowest BCUT2D eigenvalue weighted by Gasteiger charge is -2.15. The number of hydrogen-bond donors (Lipinski definition) is 2. The molecule has 1 aromatic rings.